The first-order valence-corrected chi connectivity index (χ1v) is 5.97. The Labute approximate surface area is 91.8 Å². The van der Waals surface area contributed by atoms with E-state index in [1.54, 1.807) is 0 Å². The van der Waals surface area contributed by atoms with Gasteiger partial charge in [0.05, 0.1) is 6.61 Å². The number of nitrogens with zero attached hydrogens (tertiary/aromatic N) is 1. The first-order chi connectivity index (χ1) is 7.12. The van der Waals surface area contributed by atoms with Crippen molar-refractivity contribution in [2.45, 2.75) is 38.6 Å². The second kappa shape index (κ2) is 4.22. The van der Waals surface area contributed by atoms with Gasteiger partial charge in [-0.15, -0.1) is 0 Å². The van der Waals surface area contributed by atoms with E-state index in [2.05, 4.69) is 11.8 Å². The highest BCUT2D eigenvalue weighted by atomic mass is 16.5. The Morgan fingerprint density at radius 2 is 2.33 bits per heavy atom. The van der Waals surface area contributed by atoms with Crippen LogP contribution in [-0.2, 0) is 9.53 Å². The Morgan fingerprint density at radius 1 is 1.53 bits per heavy atom. The lowest BCUT2D eigenvalue weighted by molar-refractivity contribution is -0.129. The molecule has 86 valence electrons. The smallest absolute Gasteiger partial charge is 0.138 e. The fraction of sp³-hybridized carbons (Fsp3) is 0.917. The minimum absolute atomic E-state index is 0.174. The molecule has 0 saturated carbocycles. The average molecular weight is 211 g/mol. The maximum Gasteiger partial charge on any atom is 0.138 e. The summed E-state index contributed by atoms with van der Waals surface area (Å²) in [4.78, 5) is 13.9. The number of ether oxygens (including phenoxy) is 1. The van der Waals surface area contributed by atoms with E-state index in [-0.39, 0.29) is 11.5 Å². The topological polar surface area (TPSA) is 29.5 Å². The van der Waals surface area contributed by atoms with Gasteiger partial charge in [-0.3, -0.25) is 9.69 Å². The predicted molar refractivity (Wildman–Crippen MR) is 58.8 cm³/mol. The van der Waals surface area contributed by atoms with Gasteiger partial charge in [0.15, 0.2) is 0 Å². The van der Waals surface area contributed by atoms with Crippen LogP contribution in [0.25, 0.3) is 0 Å². The van der Waals surface area contributed by atoms with Crippen molar-refractivity contribution in [1.29, 1.82) is 0 Å². The van der Waals surface area contributed by atoms with Crippen molar-refractivity contribution in [3.05, 3.63) is 0 Å². The van der Waals surface area contributed by atoms with Gasteiger partial charge in [-0.25, -0.2) is 0 Å². The third-order valence-electron chi connectivity index (χ3n) is 3.85. The van der Waals surface area contributed by atoms with Gasteiger partial charge in [-0.1, -0.05) is 6.92 Å². The van der Waals surface area contributed by atoms with E-state index >= 15 is 0 Å². The van der Waals surface area contributed by atoms with Crippen LogP contribution in [0.15, 0.2) is 0 Å². The standard InChI is InChI=1S/C12H21NO2/c1-10-8-13(6-4-11(10)14)12(2)5-3-7-15-9-12/h10H,3-9H2,1-2H3. The quantitative estimate of drug-likeness (QED) is 0.657. The molecule has 0 amide bonds. The maximum absolute atomic E-state index is 11.5. The molecule has 0 aromatic heterocycles. The van der Waals surface area contributed by atoms with Gasteiger partial charge in [0.1, 0.15) is 5.78 Å². The molecular formula is C12H21NO2. The predicted octanol–water partition coefficient (Wildman–Crippen LogP) is 1.47. The van der Waals surface area contributed by atoms with E-state index in [9.17, 15) is 4.79 Å². The van der Waals surface area contributed by atoms with Crippen molar-refractivity contribution in [3.63, 3.8) is 0 Å². The van der Waals surface area contributed by atoms with Crippen LogP contribution in [0.3, 0.4) is 0 Å². The number of ketones is 1. The van der Waals surface area contributed by atoms with Crippen LogP contribution < -0.4 is 0 Å². The van der Waals surface area contributed by atoms with Crippen molar-refractivity contribution in [1.82, 2.24) is 4.90 Å². The summed E-state index contributed by atoms with van der Waals surface area (Å²) >= 11 is 0. The summed E-state index contributed by atoms with van der Waals surface area (Å²) in [7, 11) is 0. The van der Waals surface area contributed by atoms with Crippen LogP contribution in [0.5, 0.6) is 0 Å². The summed E-state index contributed by atoms with van der Waals surface area (Å²) < 4.78 is 5.57. The molecular weight excluding hydrogens is 190 g/mol. The molecule has 0 aromatic rings. The number of carbonyl (C=O) groups excluding carboxylic acids is 1. The van der Waals surface area contributed by atoms with Crippen LogP contribution in [0.4, 0.5) is 0 Å². The first-order valence-electron chi connectivity index (χ1n) is 5.97. The summed E-state index contributed by atoms with van der Waals surface area (Å²) in [6.07, 6.45) is 3.07. The molecule has 2 rings (SSSR count). The Balaban J connectivity index is 2.00. The molecule has 0 radical (unpaired) electrons. The van der Waals surface area contributed by atoms with Gasteiger partial charge in [0, 0.05) is 37.6 Å². The molecule has 15 heavy (non-hydrogen) atoms. The van der Waals surface area contributed by atoms with Crippen LogP contribution in [0.1, 0.15) is 33.1 Å². The molecule has 3 nitrogen and oxygen atoms in total. The zero-order chi connectivity index (χ0) is 10.9. The molecule has 0 spiro atoms. The number of piperidine rings is 1. The minimum Gasteiger partial charge on any atom is -0.380 e. The van der Waals surface area contributed by atoms with E-state index in [1.165, 1.54) is 6.42 Å². The van der Waals surface area contributed by atoms with Crippen LogP contribution in [0.2, 0.25) is 0 Å². The van der Waals surface area contributed by atoms with Crippen LogP contribution in [-0.4, -0.2) is 42.5 Å². The lowest BCUT2D eigenvalue weighted by Crippen LogP contribution is -2.56. The molecule has 0 N–H and O–H groups in total. The number of rotatable bonds is 1. The first kappa shape index (κ1) is 11.1. The van der Waals surface area contributed by atoms with Gasteiger partial charge in [0.2, 0.25) is 0 Å². The van der Waals surface area contributed by atoms with Gasteiger partial charge >= 0.3 is 0 Å². The third-order valence-corrected chi connectivity index (χ3v) is 3.85. The van der Waals surface area contributed by atoms with E-state index in [0.29, 0.717) is 5.78 Å². The Bertz CT molecular complexity index is 246. The lowest BCUT2D eigenvalue weighted by Gasteiger charge is -2.46. The fourth-order valence-electron chi connectivity index (χ4n) is 2.67. The zero-order valence-corrected chi connectivity index (χ0v) is 9.79. The largest absolute Gasteiger partial charge is 0.380 e. The minimum atomic E-state index is 0.174. The molecule has 0 bridgehead atoms. The van der Waals surface area contributed by atoms with Crippen molar-refractivity contribution in [2.24, 2.45) is 5.92 Å². The monoisotopic (exact) mass is 211 g/mol. The maximum atomic E-state index is 11.5. The molecule has 2 atom stereocenters. The number of hydrogen-bond donors (Lipinski definition) is 0. The summed E-state index contributed by atoms with van der Waals surface area (Å²) in [6.45, 7) is 7.88. The molecule has 2 aliphatic heterocycles. The van der Waals surface area contributed by atoms with Crippen LogP contribution in [0, 0.1) is 5.92 Å². The highest BCUT2D eigenvalue weighted by Gasteiger charge is 2.37. The summed E-state index contributed by atoms with van der Waals surface area (Å²) in [5, 5.41) is 0. The lowest BCUT2D eigenvalue weighted by atomic mass is 9.88. The average Bonchev–Trinajstić information content (AvgIpc) is 2.23. The van der Waals surface area contributed by atoms with Gasteiger partial charge in [0.25, 0.3) is 0 Å². The number of hydrogen-bond acceptors (Lipinski definition) is 3. The van der Waals surface area contributed by atoms with Crippen molar-refractivity contribution in [3.8, 4) is 0 Å². The normalized spacial score (nSPS) is 39.3. The molecule has 0 aromatic carbocycles. The van der Waals surface area contributed by atoms with E-state index in [1.807, 2.05) is 6.92 Å². The molecule has 0 aliphatic carbocycles. The second-order valence-corrected chi connectivity index (χ2v) is 5.22. The highest BCUT2D eigenvalue weighted by Crippen LogP contribution is 2.29. The molecule has 2 saturated heterocycles. The van der Waals surface area contributed by atoms with Crippen molar-refractivity contribution >= 4 is 5.78 Å². The zero-order valence-electron chi connectivity index (χ0n) is 9.79. The highest BCUT2D eigenvalue weighted by molar-refractivity contribution is 5.81. The number of carbonyl (C=O) groups is 1. The number of Topliss-reactive ketones (excluding diaryl/α,β-unsaturated/α-hetero) is 1. The molecule has 2 heterocycles. The molecule has 2 aliphatic rings. The van der Waals surface area contributed by atoms with Gasteiger partial charge < -0.3 is 4.74 Å². The van der Waals surface area contributed by atoms with Gasteiger partial charge in [-0.05, 0) is 19.8 Å². The van der Waals surface area contributed by atoms with Crippen LogP contribution >= 0.6 is 0 Å². The second-order valence-electron chi connectivity index (χ2n) is 5.22. The summed E-state index contributed by atoms with van der Waals surface area (Å²) in [5.74, 6) is 0.629. The third kappa shape index (κ3) is 2.23. The molecule has 2 fully saturated rings. The summed E-state index contributed by atoms with van der Waals surface area (Å²) in [6, 6.07) is 0. The van der Waals surface area contributed by atoms with Gasteiger partial charge in [-0.2, -0.15) is 0 Å². The Morgan fingerprint density at radius 3 is 2.93 bits per heavy atom. The Kier molecular flexibility index (Phi) is 3.12. The van der Waals surface area contributed by atoms with E-state index in [0.717, 1.165) is 39.1 Å². The van der Waals surface area contributed by atoms with Crippen molar-refractivity contribution in [2.75, 3.05) is 26.3 Å². The molecule has 2 unspecified atom stereocenters. The SMILES string of the molecule is CC1CN(C2(C)CCCOC2)CCC1=O. The Hall–Kier alpha value is -0.410. The summed E-state index contributed by atoms with van der Waals surface area (Å²) in [5.41, 5.74) is 0.174. The van der Waals surface area contributed by atoms with Crippen molar-refractivity contribution < 1.29 is 9.53 Å². The van der Waals surface area contributed by atoms with E-state index in [4.69, 9.17) is 4.74 Å². The fourth-order valence-corrected chi connectivity index (χ4v) is 2.67. The van der Waals surface area contributed by atoms with E-state index < -0.39 is 0 Å². The molecule has 3 heteroatoms. The number of likely N-dealkylation sites (tertiary alicyclic amines) is 1.